The number of nitrogens with one attached hydrogen (secondary N) is 2. The first-order valence-electron chi connectivity index (χ1n) is 9.59. The highest BCUT2D eigenvalue weighted by atomic mass is 35.5. The van der Waals surface area contributed by atoms with Gasteiger partial charge in [0.05, 0.1) is 26.2 Å². The van der Waals surface area contributed by atoms with E-state index in [0.29, 0.717) is 5.02 Å². The Morgan fingerprint density at radius 1 is 1.11 bits per heavy atom. The highest BCUT2D eigenvalue weighted by Crippen LogP contribution is 2.23. The maximum atomic E-state index is 12.7. The maximum absolute atomic E-state index is 12.7. The Bertz CT molecular complexity index is 828. The van der Waals surface area contributed by atoms with Crippen molar-refractivity contribution < 1.29 is 9.69 Å². The van der Waals surface area contributed by atoms with Gasteiger partial charge in [0.1, 0.15) is 0 Å². The fourth-order valence-electron chi connectivity index (χ4n) is 3.70. The third-order valence-corrected chi connectivity index (χ3v) is 6.02. The van der Waals surface area contributed by atoms with E-state index in [1.807, 2.05) is 32.0 Å². The molecule has 2 N–H and O–H groups in total. The van der Waals surface area contributed by atoms with Gasteiger partial charge < -0.3 is 15.1 Å². The van der Waals surface area contributed by atoms with E-state index in [2.05, 4.69) is 42.3 Å². The third-order valence-electron chi connectivity index (χ3n) is 5.79. The molecule has 0 saturated carbocycles. The van der Waals surface area contributed by atoms with Gasteiger partial charge in [-0.25, -0.2) is 0 Å². The van der Waals surface area contributed by atoms with E-state index in [0.717, 1.165) is 37.4 Å². The predicted molar refractivity (Wildman–Crippen MR) is 113 cm³/mol. The molecular weight excluding hydrogens is 358 g/mol. The molecule has 4 nitrogen and oxygen atoms in total. The normalized spacial score (nSPS) is 16.3. The Labute approximate surface area is 167 Å². The van der Waals surface area contributed by atoms with E-state index in [1.54, 1.807) is 0 Å². The summed E-state index contributed by atoms with van der Waals surface area (Å²) >= 11 is 6.06. The van der Waals surface area contributed by atoms with Gasteiger partial charge in [-0.1, -0.05) is 29.8 Å². The number of hydrogen-bond donors (Lipinski definition) is 2. The molecule has 0 spiro atoms. The van der Waals surface area contributed by atoms with Crippen molar-refractivity contribution in [1.82, 2.24) is 0 Å². The largest absolute Gasteiger partial charge is 0.360 e. The van der Waals surface area contributed by atoms with Gasteiger partial charge in [-0.15, -0.1) is 0 Å². The number of hydrogen-bond acceptors (Lipinski definition) is 2. The number of anilines is 2. The van der Waals surface area contributed by atoms with Crippen LogP contribution in [0.1, 0.15) is 23.6 Å². The number of quaternary nitrogens is 1. The molecule has 0 aliphatic carbocycles. The number of benzene rings is 2. The molecule has 3 rings (SSSR count). The zero-order valence-electron chi connectivity index (χ0n) is 16.6. The van der Waals surface area contributed by atoms with Gasteiger partial charge in [0, 0.05) is 16.4 Å². The molecule has 0 bridgehead atoms. The highest BCUT2D eigenvalue weighted by molar-refractivity contribution is 6.31. The molecule has 0 aromatic heterocycles. The number of carbonyl (C=O) groups is 1. The van der Waals surface area contributed by atoms with E-state index >= 15 is 0 Å². The zero-order chi connectivity index (χ0) is 19.6. The fraction of sp³-hybridized carbons (Fsp3) is 0.409. The summed E-state index contributed by atoms with van der Waals surface area (Å²) in [4.78, 5) is 16.5. The highest BCUT2D eigenvalue weighted by Gasteiger charge is 2.30. The summed E-state index contributed by atoms with van der Waals surface area (Å²) in [6.07, 6.45) is 0. The molecule has 144 valence electrons. The number of rotatable bonds is 4. The summed E-state index contributed by atoms with van der Waals surface area (Å²) in [5.41, 5.74) is 5.82. The van der Waals surface area contributed by atoms with Gasteiger partial charge in [0.25, 0.3) is 5.91 Å². The number of halogens is 1. The molecule has 2 aromatic carbocycles. The number of piperazine rings is 1. The van der Waals surface area contributed by atoms with Gasteiger partial charge in [-0.3, -0.25) is 4.79 Å². The third kappa shape index (κ3) is 4.45. The minimum absolute atomic E-state index is 0.0514. The van der Waals surface area contributed by atoms with E-state index in [-0.39, 0.29) is 11.9 Å². The average Bonchev–Trinajstić information content (AvgIpc) is 2.66. The van der Waals surface area contributed by atoms with Gasteiger partial charge in [0.15, 0.2) is 6.04 Å². The van der Waals surface area contributed by atoms with Gasteiger partial charge >= 0.3 is 0 Å². The summed E-state index contributed by atoms with van der Waals surface area (Å²) < 4.78 is 0. The van der Waals surface area contributed by atoms with Crippen LogP contribution in [0.3, 0.4) is 0 Å². The second-order valence-corrected chi connectivity index (χ2v) is 7.97. The van der Waals surface area contributed by atoms with Crippen LogP contribution in [0.25, 0.3) is 0 Å². The van der Waals surface area contributed by atoms with Crippen LogP contribution in [0.5, 0.6) is 0 Å². The molecule has 1 aliphatic rings. The molecule has 1 heterocycles. The molecule has 1 aliphatic heterocycles. The molecular formula is C22H29ClN3O+. The van der Waals surface area contributed by atoms with Crippen LogP contribution in [-0.4, -0.2) is 38.1 Å². The van der Waals surface area contributed by atoms with E-state index < -0.39 is 0 Å². The molecule has 1 fully saturated rings. The SMILES string of the molecule is Cc1ccc(Cl)cc1NC(=O)[C@H](C)[NH+]1CCN(c2cccc(C)c2C)CC1. The topological polar surface area (TPSA) is 36.8 Å². The Kier molecular flexibility index (Phi) is 6.08. The molecule has 2 aromatic rings. The lowest BCUT2D eigenvalue weighted by atomic mass is 10.1. The van der Waals surface area contributed by atoms with Crippen LogP contribution in [0.2, 0.25) is 5.02 Å². The number of nitrogens with zero attached hydrogens (tertiary/aromatic N) is 1. The quantitative estimate of drug-likeness (QED) is 0.847. The van der Waals surface area contributed by atoms with Crippen LogP contribution in [0.15, 0.2) is 36.4 Å². The van der Waals surface area contributed by atoms with E-state index in [9.17, 15) is 4.79 Å². The van der Waals surface area contributed by atoms with Crippen molar-refractivity contribution in [3.05, 3.63) is 58.1 Å². The lowest BCUT2D eigenvalue weighted by Crippen LogP contribution is -3.19. The van der Waals surface area contributed by atoms with E-state index in [4.69, 9.17) is 11.6 Å². The van der Waals surface area contributed by atoms with Crippen molar-refractivity contribution in [2.24, 2.45) is 0 Å². The van der Waals surface area contributed by atoms with Crippen molar-refractivity contribution >= 4 is 28.9 Å². The van der Waals surface area contributed by atoms with Crippen LogP contribution >= 0.6 is 11.6 Å². The van der Waals surface area contributed by atoms with E-state index in [1.165, 1.54) is 21.7 Å². The predicted octanol–water partition coefficient (Wildman–Crippen LogP) is 3.00. The van der Waals surface area contributed by atoms with Crippen molar-refractivity contribution in [2.75, 3.05) is 36.4 Å². The number of aryl methyl sites for hydroxylation is 2. The van der Waals surface area contributed by atoms with Gasteiger partial charge in [-0.2, -0.15) is 0 Å². The Hall–Kier alpha value is -2.04. The summed E-state index contributed by atoms with van der Waals surface area (Å²) in [5, 5.41) is 3.69. The number of carbonyl (C=O) groups excluding carboxylic acids is 1. The Morgan fingerprint density at radius 2 is 1.81 bits per heavy atom. The molecule has 27 heavy (non-hydrogen) atoms. The summed E-state index contributed by atoms with van der Waals surface area (Å²) in [5.74, 6) is 0.0514. The smallest absolute Gasteiger partial charge is 0.282 e. The minimum Gasteiger partial charge on any atom is -0.360 e. The van der Waals surface area contributed by atoms with Crippen LogP contribution in [0.4, 0.5) is 11.4 Å². The fourth-order valence-corrected chi connectivity index (χ4v) is 3.87. The summed E-state index contributed by atoms with van der Waals surface area (Å²) in [7, 11) is 0. The summed E-state index contributed by atoms with van der Waals surface area (Å²) in [6.45, 7) is 12.2. The summed E-state index contributed by atoms with van der Waals surface area (Å²) in [6, 6.07) is 12.0. The van der Waals surface area contributed by atoms with Crippen LogP contribution in [-0.2, 0) is 4.79 Å². The first-order valence-corrected chi connectivity index (χ1v) is 9.97. The Morgan fingerprint density at radius 3 is 2.52 bits per heavy atom. The van der Waals surface area contributed by atoms with Gasteiger partial charge in [0.2, 0.25) is 0 Å². The molecule has 1 amide bonds. The maximum Gasteiger partial charge on any atom is 0.282 e. The van der Waals surface area contributed by atoms with Crippen LogP contribution in [0, 0.1) is 20.8 Å². The van der Waals surface area contributed by atoms with Crippen molar-refractivity contribution in [2.45, 2.75) is 33.7 Å². The lowest BCUT2D eigenvalue weighted by Gasteiger charge is -2.36. The van der Waals surface area contributed by atoms with Crippen molar-refractivity contribution in [1.29, 1.82) is 0 Å². The standard InChI is InChI=1S/C22H28ClN3O/c1-15-6-5-7-21(17(15)3)26-12-10-25(11-13-26)18(4)22(27)24-20-14-19(23)9-8-16(20)2/h5-9,14,18H,10-13H2,1-4H3,(H,24,27)/p+1/t18-/m0/s1. The van der Waals surface area contributed by atoms with Crippen molar-refractivity contribution in [3.8, 4) is 0 Å². The van der Waals surface area contributed by atoms with Gasteiger partial charge in [-0.05, 0) is 62.6 Å². The zero-order valence-corrected chi connectivity index (χ0v) is 17.4. The molecule has 0 unspecified atom stereocenters. The van der Waals surface area contributed by atoms with Crippen molar-refractivity contribution in [3.63, 3.8) is 0 Å². The monoisotopic (exact) mass is 386 g/mol. The Balaban J connectivity index is 1.61. The molecule has 0 radical (unpaired) electrons. The first-order chi connectivity index (χ1) is 12.9. The van der Waals surface area contributed by atoms with Crippen LogP contribution < -0.4 is 15.1 Å². The second-order valence-electron chi connectivity index (χ2n) is 7.53. The lowest BCUT2D eigenvalue weighted by molar-refractivity contribution is -0.914. The second kappa shape index (κ2) is 8.32. The minimum atomic E-state index is -0.0934. The molecule has 1 atom stereocenters. The first kappa shape index (κ1) is 19.7. The molecule has 1 saturated heterocycles. The number of amides is 1. The average molecular weight is 387 g/mol. The molecule has 5 heteroatoms.